The van der Waals surface area contributed by atoms with E-state index in [-0.39, 0.29) is 11.2 Å². The van der Waals surface area contributed by atoms with Crippen LogP contribution in [0.1, 0.15) is 81.1 Å². The summed E-state index contributed by atoms with van der Waals surface area (Å²) in [5.41, 5.74) is -0.0959. The third-order valence-electron chi connectivity index (χ3n) is 3.71. The Morgan fingerprint density at radius 2 is 1.10 bits per heavy atom. The largest absolute Gasteiger partial charge is 0.375 e. The highest BCUT2D eigenvalue weighted by molar-refractivity contribution is 4.73. The highest BCUT2D eigenvalue weighted by atomic mass is 16.5. The number of ether oxygens (including phenoxy) is 2. The Hall–Kier alpha value is -0.0800. The second-order valence-corrected chi connectivity index (χ2v) is 8.08. The molecule has 0 atom stereocenters. The molecule has 20 heavy (non-hydrogen) atoms. The quantitative estimate of drug-likeness (QED) is 0.503. The van der Waals surface area contributed by atoms with Crippen LogP contribution >= 0.6 is 0 Å². The van der Waals surface area contributed by atoms with Gasteiger partial charge in [0.05, 0.1) is 17.8 Å². The topological polar surface area (TPSA) is 18.5 Å². The van der Waals surface area contributed by atoms with E-state index in [2.05, 4.69) is 55.4 Å². The lowest BCUT2D eigenvalue weighted by Crippen LogP contribution is -2.31. The lowest BCUT2D eigenvalue weighted by Gasteiger charge is -2.30. The number of rotatable bonds is 11. The molecule has 0 unspecified atom stereocenters. The van der Waals surface area contributed by atoms with Crippen molar-refractivity contribution < 1.29 is 9.47 Å². The van der Waals surface area contributed by atoms with E-state index in [9.17, 15) is 0 Å². The summed E-state index contributed by atoms with van der Waals surface area (Å²) in [6.07, 6.45) is 4.43. The molecule has 0 amide bonds. The van der Waals surface area contributed by atoms with E-state index in [1.165, 1.54) is 6.42 Å². The van der Waals surface area contributed by atoms with Crippen molar-refractivity contribution in [2.45, 2.75) is 92.3 Å². The third kappa shape index (κ3) is 11.7. The average Bonchev–Trinajstić information content (AvgIpc) is 2.25. The van der Waals surface area contributed by atoms with Crippen molar-refractivity contribution in [2.75, 3.05) is 13.2 Å². The van der Waals surface area contributed by atoms with Gasteiger partial charge in [0.1, 0.15) is 0 Å². The Bertz CT molecular complexity index is 242. The van der Waals surface area contributed by atoms with Gasteiger partial charge in [0.15, 0.2) is 0 Å². The van der Waals surface area contributed by atoms with E-state index in [4.69, 9.17) is 9.47 Å². The van der Waals surface area contributed by atoms with Gasteiger partial charge in [0.25, 0.3) is 0 Å². The van der Waals surface area contributed by atoms with Crippen LogP contribution in [0.3, 0.4) is 0 Å². The fourth-order valence-electron chi connectivity index (χ4n) is 1.92. The van der Waals surface area contributed by atoms with Crippen molar-refractivity contribution in [3.8, 4) is 0 Å². The van der Waals surface area contributed by atoms with E-state index >= 15 is 0 Å². The van der Waals surface area contributed by atoms with E-state index in [0.29, 0.717) is 5.92 Å². The summed E-state index contributed by atoms with van der Waals surface area (Å²) in [5, 5.41) is 0. The predicted octanol–water partition coefficient (Wildman–Crippen LogP) is 5.45. The van der Waals surface area contributed by atoms with E-state index in [0.717, 1.165) is 38.4 Å². The Morgan fingerprint density at radius 3 is 1.60 bits per heavy atom. The third-order valence-corrected chi connectivity index (χ3v) is 3.71. The Kier molecular flexibility index (Phi) is 9.01. The molecule has 0 spiro atoms. The molecule has 0 aliphatic heterocycles. The second kappa shape index (κ2) is 9.04. The molecular weight excluding hydrogens is 248 g/mol. The first-order valence-corrected chi connectivity index (χ1v) is 8.32. The van der Waals surface area contributed by atoms with Gasteiger partial charge < -0.3 is 9.47 Å². The SMILES string of the molecule is CC(C)CCOC(C)(C)CCOC(C)(C)CCC(C)C. The summed E-state index contributed by atoms with van der Waals surface area (Å²) in [6.45, 7) is 19.3. The summed E-state index contributed by atoms with van der Waals surface area (Å²) in [5.74, 6) is 1.45. The molecule has 122 valence electrons. The van der Waals surface area contributed by atoms with Crippen molar-refractivity contribution in [1.29, 1.82) is 0 Å². The zero-order chi connectivity index (χ0) is 15.8. The molecule has 0 N–H and O–H groups in total. The van der Waals surface area contributed by atoms with Gasteiger partial charge >= 0.3 is 0 Å². The minimum atomic E-state index is -0.0803. The number of hydrogen-bond donors (Lipinski definition) is 0. The average molecular weight is 286 g/mol. The first-order chi connectivity index (χ1) is 9.04. The summed E-state index contributed by atoms with van der Waals surface area (Å²) >= 11 is 0. The Labute approximate surface area is 127 Å². The highest BCUT2D eigenvalue weighted by Crippen LogP contribution is 2.22. The molecule has 0 aliphatic rings. The van der Waals surface area contributed by atoms with Crippen LogP contribution in [0.25, 0.3) is 0 Å². The maximum absolute atomic E-state index is 6.06. The van der Waals surface area contributed by atoms with Crippen molar-refractivity contribution >= 4 is 0 Å². The molecule has 0 rings (SSSR count). The molecule has 0 aromatic rings. The Balaban J connectivity index is 3.89. The fraction of sp³-hybridized carbons (Fsp3) is 1.00. The molecule has 0 aromatic carbocycles. The van der Waals surface area contributed by atoms with Gasteiger partial charge in [-0.25, -0.2) is 0 Å². The van der Waals surface area contributed by atoms with Crippen molar-refractivity contribution in [2.24, 2.45) is 11.8 Å². The van der Waals surface area contributed by atoms with Crippen molar-refractivity contribution in [1.82, 2.24) is 0 Å². The van der Waals surface area contributed by atoms with Crippen LogP contribution < -0.4 is 0 Å². The van der Waals surface area contributed by atoms with Crippen LogP contribution in [-0.4, -0.2) is 24.4 Å². The summed E-state index contributed by atoms with van der Waals surface area (Å²) in [7, 11) is 0. The zero-order valence-electron chi connectivity index (χ0n) is 15.2. The molecular formula is C18H38O2. The van der Waals surface area contributed by atoms with Crippen LogP contribution in [0.2, 0.25) is 0 Å². The number of hydrogen-bond acceptors (Lipinski definition) is 2. The maximum atomic E-state index is 6.06. The molecule has 2 nitrogen and oxygen atoms in total. The minimum absolute atomic E-state index is 0.0156. The van der Waals surface area contributed by atoms with Crippen LogP contribution in [0, 0.1) is 11.8 Å². The normalized spacial score (nSPS) is 13.5. The minimum Gasteiger partial charge on any atom is -0.375 e. The lowest BCUT2D eigenvalue weighted by atomic mass is 9.96. The van der Waals surface area contributed by atoms with Crippen LogP contribution in [0.15, 0.2) is 0 Å². The summed E-state index contributed by atoms with van der Waals surface area (Å²) in [6, 6.07) is 0. The van der Waals surface area contributed by atoms with Crippen molar-refractivity contribution in [3.63, 3.8) is 0 Å². The van der Waals surface area contributed by atoms with Gasteiger partial charge in [-0.2, -0.15) is 0 Å². The highest BCUT2D eigenvalue weighted by Gasteiger charge is 2.22. The fourth-order valence-corrected chi connectivity index (χ4v) is 1.92. The van der Waals surface area contributed by atoms with Crippen molar-refractivity contribution in [3.05, 3.63) is 0 Å². The first kappa shape index (κ1) is 19.9. The molecule has 0 radical (unpaired) electrons. The van der Waals surface area contributed by atoms with Gasteiger partial charge in [-0.05, 0) is 65.2 Å². The van der Waals surface area contributed by atoms with Gasteiger partial charge in [0, 0.05) is 6.61 Å². The van der Waals surface area contributed by atoms with Gasteiger partial charge in [-0.1, -0.05) is 27.7 Å². The first-order valence-electron chi connectivity index (χ1n) is 8.32. The zero-order valence-corrected chi connectivity index (χ0v) is 15.2. The summed E-state index contributed by atoms with van der Waals surface area (Å²) < 4.78 is 12.0. The van der Waals surface area contributed by atoms with E-state index in [1.54, 1.807) is 0 Å². The molecule has 0 bridgehead atoms. The van der Waals surface area contributed by atoms with Crippen LogP contribution in [-0.2, 0) is 9.47 Å². The lowest BCUT2D eigenvalue weighted by molar-refractivity contribution is -0.0770. The maximum Gasteiger partial charge on any atom is 0.0648 e. The van der Waals surface area contributed by atoms with Gasteiger partial charge in [0.2, 0.25) is 0 Å². The molecule has 0 aromatic heterocycles. The standard InChI is InChI=1S/C18H38O2/c1-15(2)9-11-17(5,6)20-14-12-18(7,8)19-13-10-16(3)4/h15-16H,9-14H2,1-8H3. The molecule has 0 aliphatic carbocycles. The van der Waals surface area contributed by atoms with Gasteiger partial charge in [-0.15, -0.1) is 0 Å². The Morgan fingerprint density at radius 1 is 0.650 bits per heavy atom. The van der Waals surface area contributed by atoms with Gasteiger partial charge in [-0.3, -0.25) is 0 Å². The monoisotopic (exact) mass is 286 g/mol. The molecule has 0 fully saturated rings. The van der Waals surface area contributed by atoms with E-state index in [1.807, 2.05) is 0 Å². The summed E-state index contributed by atoms with van der Waals surface area (Å²) in [4.78, 5) is 0. The van der Waals surface area contributed by atoms with Crippen LogP contribution in [0.5, 0.6) is 0 Å². The smallest absolute Gasteiger partial charge is 0.0648 e. The molecule has 0 heterocycles. The molecule has 0 saturated carbocycles. The molecule has 2 heteroatoms. The van der Waals surface area contributed by atoms with Crippen LogP contribution in [0.4, 0.5) is 0 Å². The second-order valence-electron chi connectivity index (χ2n) is 8.08. The predicted molar refractivity (Wildman–Crippen MR) is 88.2 cm³/mol. The van der Waals surface area contributed by atoms with E-state index < -0.39 is 0 Å². The molecule has 0 saturated heterocycles.